The molecule has 0 heterocycles. The molecule has 0 aliphatic heterocycles. The Morgan fingerprint density at radius 3 is 1.64 bits per heavy atom. The third-order valence-electron chi connectivity index (χ3n) is 9.31. The second kappa shape index (κ2) is 15.5. The summed E-state index contributed by atoms with van der Waals surface area (Å²) in [6.07, 6.45) is 5.34. The molecule has 0 atom stereocenters. The Hall–Kier alpha value is -5.08. The van der Waals surface area contributed by atoms with Crippen LogP contribution in [-0.2, 0) is 5.41 Å². The SMILES string of the molecule is C=C(N=C(N=C(C)c1ccccc1)c1ccccc1)c1ccc(C(CC)(CC)c2ccc(/C(=C/CC)c3ccccc3C)cc2)cc1. The zero-order chi connectivity index (χ0) is 33.2. The van der Waals surface area contributed by atoms with Gasteiger partial charge in [-0.1, -0.05) is 167 Å². The van der Waals surface area contributed by atoms with E-state index in [1.165, 1.54) is 33.4 Å². The first-order valence-electron chi connectivity index (χ1n) is 16.8. The van der Waals surface area contributed by atoms with Crippen LogP contribution in [0.3, 0.4) is 0 Å². The van der Waals surface area contributed by atoms with Gasteiger partial charge in [0.25, 0.3) is 0 Å². The Morgan fingerprint density at radius 2 is 1.11 bits per heavy atom. The number of amidine groups is 1. The van der Waals surface area contributed by atoms with Gasteiger partial charge in [-0.2, -0.15) is 0 Å². The minimum Gasteiger partial charge on any atom is -0.233 e. The molecule has 0 N–H and O–H groups in total. The van der Waals surface area contributed by atoms with E-state index in [1.54, 1.807) is 0 Å². The Balaban J connectivity index is 1.45. The van der Waals surface area contributed by atoms with E-state index in [0.29, 0.717) is 11.5 Å². The summed E-state index contributed by atoms with van der Waals surface area (Å²) in [4.78, 5) is 9.94. The molecule has 0 aromatic heterocycles. The van der Waals surface area contributed by atoms with Crippen LogP contribution in [0.25, 0.3) is 11.3 Å². The molecule has 0 fully saturated rings. The fourth-order valence-electron chi connectivity index (χ4n) is 6.48. The first-order chi connectivity index (χ1) is 22.9. The predicted molar refractivity (Wildman–Crippen MR) is 203 cm³/mol. The minimum absolute atomic E-state index is 0.0920. The highest BCUT2D eigenvalue weighted by molar-refractivity contribution is 6.12. The molecular formula is C45H46N2. The molecule has 5 aromatic carbocycles. The van der Waals surface area contributed by atoms with Crippen molar-refractivity contribution in [3.8, 4) is 0 Å². The maximum atomic E-state index is 4.97. The summed E-state index contributed by atoms with van der Waals surface area (Å²) in [5, 5.41) is 0. The Kier molecular flexibility index (Phi) is 11.0. The van der Waals surface area contributed by atoms with Crippen molar-refractivity contribution in [2.24, 2.45) is 9.98 Å². The Labute approximate surface area is 282 Å². The van der Waals surface area contributed by atoms with Crippen LogP contribution >= 0.6 is 0 Å². The van der Waals surface area contributed by atoms with E-state index in [4.69, 9.17) is 9.98 Å². The second-order valence-corrected chi connectivity index (χ2v) is 12.1. The number of allylic oxidation sites excluding steroid dienone is 1. The molecule has 5 rings (SSSR count). The third kappa shape index (κ3) is 7.50. The largest absolute Gasteiger partial charge is 0.233 e. The van der Waals surface area contributed by atoms with Crippen LogP contribution in [0.1, 0.15) is 91.5 Å². The van der Waals surface area contributed by atoms with E-state index in [-0.39, 0.29) is 5.41 Å². The van der Waals surface area contributed by atoms with Crippen molar-refractivity contribution in [2.75, 3.05) is 0 Å². The van der Waals surface area contributed by atoms with Gasteiger partial charge < -0.3 is 0 Å². The zero-order valence-electron chi connectivity index (χ0n) is 28.5. The zero-order valence-corrected chi connectivity index (χ0v) is 28.5. The first-order valence-corrected chi connectivity index (χ1v) is 16.8. The molecule has 0 bridgehead atoms. The van der Waals surface area contributed by atoms with Crippen LogP contribution in [-0.4, -0.2) is 11.5 Å². The standard InChI is InChI=1S/C45H46N2/c1-7-18-43(42-24-17-16-19-33(42)4)38-27-31-41(32-28-38)45(8-2,9-3)40-29-25-37(26-30-40)35(6)47-44(39-22-14-11-15-23-39)46-34(5)36-20-12-10-13-21-36/h10-32H,6-9H2,1-5H3/b43-18-,46-34?,47-44?. The number of aryl methyl sites for hydroxylation is 1. The van der Waals surface area contributed by atoms with Gasteiger partial charge in [0.1, 0.15) is 0 Å². The first kappa shape index (κ1) is 33.3. The van der Waals surface area contributed by atoms with E-state index >= 15 is 0 Å². The molecule has 0 spiro atoms. The van der Waals surface area contributed by atoms with Gasteiger partial charge in [0.05, 0.1) is 5.70 Å². The summed E-state index contributed by atoms with van der Waals surface area (Å²) in [5.41, 5.74) is 12.3. The lowest BCUT2D eigenvalue weighted by atomic mass is 9.70. The molecule has 0 aliphatic rings. The molecule has 5 aromatic rings. The van der Waals surface area contributed by atoms with Crippen LogP contribution in [0.15, 0.2) is 156 Å². The van der Waals surface area contributed by atoms with Crippen molar-refractivity contribution in [3.05, 3.63) is 191 Å². The fourth-order valence-corrected chi connectivity index (χ4v) is 6.48. The van der Waals surface area contributed by atoms with Crippen molar-refractivity contribution in [1.29, 1.82) is 0 Å². The lowest BCUT2D eigenvalue weighted by molar-refractivity contribution is 0.478. The lowest BCUT2D eigenvalue weighted by Gasteiger charge is -2.33. The molecule has 2 nitrogen and oxygen atoms in total. The molecular weight excluding hydrogens is 569 g/mol. The number of hydrogen-bond acceptors (Lipinski definition) is 1. The van der Waals surface area contributed by atoms with Gasteiger partial charge in [0.15, 0.2) is 5.84 Å². The van der Waals surface area contributed by atoms with Gasteiger partial charge in [0, 0.05) is 16.7 Å². The summed E-state index contributed by atoms with van der Waals surface area (Å²) in [6.45, 7) is 15.4. The molecule has 0 radical (unpaired) electrons. The number of hydrogen-bond donors (Lipinski definition) is 0. The van der Waals surface area contributed by atoms with Crippen LogP contribution in [0.5, 0.6) is 0 Å². The van der Waals surface area contributed by atoms with E-state index in [2.05, 4.69) is 125 Å². The predicted octanol–water partition coefficient (Wildman–Crippen LogP) is 11.9. The Bertz CT molecular complexity index is 1870. The van der Waals surface area contributed by atoms with Crippen LogP contribution in [0.2, 0.25) is 0 Å². The highest BCUT2D eigenvalue weighted by Crippen LogP contribution is 2.40. The van der Waals surface area contributed by atoms with E-state index in [0.717, 1.165) is 41.7 Å². The third-order valence-corrected chi connectivity index (χ3v) is 9.31. The highest BCUT2D eigenvalue weighted by atomic mass is 14.9. The molecule has 0 unspecified atom stereocenters. The monoisotopic (exact) mass is 614 g/mol. The maximum absolute atomic E-state index is 4.97. The van der Waals surface area contributed by atoms with E-state index < -0.39 is 0 Å². The van der Waals surface area contributed by atoms with Crippen LogP contribution < -0.4 is 0 Å². The van der Waals surface area contributed by atoms with Gasteiger partial charge in [0.2, 0.25) is 0 Å². The number of rotatable bonds is 11. The smallest absolute Gasteiger partial charge is 0.160 e. The number of nitrogens with zero attached hydrogens (tertiary/aromatic N) is 2. The molecule has 0 aliphatic carbocycles. The van der Waals surface area contributed by atoms with Gasteiger partial charge in [-0.15, -0.1) is 0 Å². The van der Waals surface area contributed by atoms with Crippen molar-refractivity contribution < 1.29 is 0 Å². The van der Waals surface area contributed by atoms with Gasteiger partial charge in [-0.25, -0.2) is 9.98 Å². The van der Waals surface area contributed by atoms with Gasteiger partial charge in [-0.05, 0) is 77.6 Å². The molecule has 0 saturated heterocycles. The Morgan fingerprint density at radius 1 is 0.596 bits per heavy atom. The summed E-state index contributed by atoms with van der Waals surface area (Å²) < 4.78 is 0. The number of benzene rings is 5. The van der Waals surface area contributed by atoms with Crippen molar-refractivity contribution in [3.63, 3.8) is 0 Å². The number of aliphatic imine (C=N–C) groups is 2. The normalized spacial score (nSPS) is 12.7. The minimum atomic E-state index is -0.0920. The average molecular weight is 615 g/mol. The summed E-state index contributed by atoms with van der Waals surface area (Å²) in [7, 11) is 0. The molecule has 47 heavy (non-hydrogen) atoms. The lowest BCUT2D eigenvalue weighted by Crippen LogP contribution is -2.26. The van der Waals surface area contributed by atoms with Crippen LogP contribution in [0.4, 0.5) is 0 Å². The highest BCUT2D eigenvalue weighted by Gasteiger charge is 2.30. The van der Waals surface area contributed by atoms with E-state index in [1.807, 2.05) is 55.5 Å². The second-order valence-electron chi connectivity index (χ2n) is 12.1. The van der Waals surface area contributed by atoms with Crippen molar-refractivity contribution in [1.82, 2.24) is 0 Å². The molecule has 2 heteroatoms. The summed E-state index contributed by atoms with van der Waals surface area (Å²) in [6, 6.07) is 47.1. The van der Waals surface area contributed by atoms with E-state index in [9.17, 15) is 0 Å². The quantitative estimate of drug-likeness (QED) is 0.104. The average Bonchev–Trinajstić information content (AvgIpc) is 3.13. The molecule has 236 valence electrons. The molecule has 0 saturated carbocycles. The fraction of sp³-hybridized carbons (Fsp3) is 0.200. The van der Waals surface area contributed by atoms with Crippen molar-refractivity contribution in [2.45, 2.75) is 59.3 Å². The topological polar surface area (TPSA) is 24.7 Å². The molecule has 0 amide bonds. The van der Waals surface area contributed by atoms with Crippen LogP contribution in [0, 0.1) is 6.92 Å². The summed E-state index contributed by atoms with van der Waals surface area (Å²) in [5.74, 6) is 0.653. The maximum Gasteiger partial charge on any atom is 0.160 e. The van der Waals surface area contributed by atoms with Gasteiger partial charge in [-0.3, -0.25) is 0 Å². The van der Waals surface area contributed by atoms with Gasteiger partial charge >= 0.3 is 0 Å². The van der Waals surface area contributed by atoms with Crippen molar-refractivity contribution >= 4 is 22.8 Å². The summed E-state index contributed by atoms with van der Waals surface area (Å²) >= 11 is 0.